The van der Waals surface area contributed by atoms with Crippen LogP contribution in [0.3, 0.4) is 0 Å². The van der Waals surface area contributed by atoms with Crippen LogP contribution in [0.1, 0.15) is 37.4 Å². The van der Waals surface area contributed by atoms with Crippen molar-refractivity contribution in [3.05, 3.63) is 17.8 Å². The van der Waals surface area contributed by atoms with E-state index in [9.17, 15) is 0 Å². The van der Waals surface area contributed by atoms with Crippen LogP contribution in [-0.4, -0.2) is 30.0 Å². The zero-order chi connectivity index (χ0) is 11.5. The van der Waals surface area contributed by atoms with Gasteiger partial charge in [0.2, 0.25) is 0 Å². The molecule has 0 bridgehead atoms. The van der Waals surface area contributed by atoms with E-state index in [0.717, 1.165) is 24.6 Å². The summed E-state index contributed by atoms with van der Waals surface area (Å²) in [6, 6.07) is -0.0356. The maximum absolute atomic E-state index is 5.75. The minimum atomic E-state index is -0.0356. The summed E-state index contributed by atoms with van der Waals surface area (Å²) in [5.74, 6) is 1.52. The van der Waals surface area contributed by atoms with Crippen LogP contribution >= 0.6 is 0 Å². The second-order valence-electron chi connectivity index (χ2n) is 4.93. The van der Waals surface area contributed by atoms with Crippen LogP contribution in [0.4, 0.5) is 0 Å². The first-order valence-electron chi connectivity index (χ1n) is 6.03. The molecule has 2 unspecified atom stereocenters. The van der Waals surface area contributed by atoms with Crippen molar-refractivity contribution >= 4 is 0 Å². The molecule has 4 nitrogen and oxygen atoms in total. The highest BCUT2D eigenvalue weighted by molar-refractivity contribution is 5.01. The molecule has 16 heavy (non-hydrogen) atoms. The van der Waals surface area contributed by atoms with Gasteiger partial charge in [-0.05, 0) is 39.3 Å². The van der Waals surface area contributed by atoms with Crippen LogP contribution in [0.25, 0.3) is 0 Å². The molecule has 0 radical (unpaired) electrons. The maximum atomic E-state index is 5.75. The Morgan fingerprint density at radius 2 is 2.50 bits per heavy atom. The topological polar surface area (TPSA) is 55.3 Å². The largest absolute Gasteiger partial charge is 0.449 e. The lowest BCUT2D eigenvalue weighted by molar-refractivity contribution is 0.202. The third-order valence-corrected chi connectivity index (χ3v) is 3.22. The molecule has 2 N–H and O–H groups in total. The van der Waals surface area contributed by atoms with E-state index in [1.165, 1.54) is 19.4 Å². The molecule has 1 saturated heterocycles. The average molecular weight is 223 g/mol. The molecule has 1 fully saturated rings. The zero-order valence-electron chi connectivity index (χ0n) is 10.1. The predicted molar refractivity (Wildman–Crippen MR) is 63.0 cm³/mol. The zero-order valence-corrected chi connectivity index (χ0v) is 10.1. The Morgan fingerprint density at radius 1 is 1.69 bits per heavy atom. The highest BCUT2D eigenvalue weighted by Gasteiger charge is 2.19. The molecule has 0 aliphatic carbocycles. The molecule has 90 valence electrons. The van der Waals surface area contributed by atoms with Gasteiger partial charge >= 0.3 is 0 Å². The van der Waals surface area contributed by atoms with Crippen molar-refractivity contribution < 1.29 is 4.42 Å². The van der Waals surface area contributed by atoms with Gasteiger partial charge in [0.15, 0.2) is 5.89 Å². The van der Waals surface area contributed by atoms with Crippen molar-refractivity contribution in [1.82, 2.24) is 9.88 Å². The molecule has 0 saturated carbocycles. The Balaban J connectivity index is 1.92. The summed E-state index contributed by atoms with van der Waals surface area (Å²) in [5, 5.41) is 0. The summed E-state index contributed by atoms with van der Waals surface area (Å²) in [6.07, 6.45) is 5.19. The molecule has 1 aliphatic rings. The number of likely N-dealkylation sites (tertiary alicyclic amines) is 1. The van der Waals surface area contributed by atoms with Crippen molar-refractivity contribution in [3.8, 4) is 0 Å². The van der Waals surface area contributed by atoms with Crippen molar-refractivity contribution in [3.63, 3.8) is 0 Å². The predicted octanol–water partition coefficient (Wildman–Crippen LogP) is 1.58. The number of aromatic nitrogens is 1. The molecule has 1 aromatic rings. The van der Waals surface area contributed by atoms with E-state index in [1.54, 1.807) is 6.26 Å². The standard InChI is InChI=1S/C12H21N3O/c1-9(13)11-8-16-12(14-11)6-10-4-3-5-15(2)7-10/h8-10H,3-7,13H2,1-2H3. The summed E-state index contributed by atoms with van der Waals surface area (Å²) in [6.45, 7) is 4.29. The number of nitrogens with zero attached hydrogens (tertiary/aromatic N) is 2. The average Bonchev–Trinajstić information content (AvgIpc) is 2.66. The van der Waals surface area contributed by atoms with Crippen LogP contribution in [0.15, 0.2) is 10.7 Å². The molecule has 2 heterocycles. The minimum Gasteiger partial charge on any atom is -0.449 e. The molecule has 0 amide bonds. The van der Waals surface area contributed by atoms with Crippen LogP contribution in [-0.2, 0) is 6.42 Å². The van der Waals surface area contributed by atoms with Crippen molar-refractivity contribution in [2.75, 3.05) is 20.1 Å². The number of nitrogens with two attached hydrogens (primary N) is 1. The van der Waals surface area contributed by atoms with Gasteiger partial charge < -0.3 is 15.1 Å². The van der Waals surface area contributed by atoms with Gasteiger partial charge in [0, 0.05) is 19.0 Å². The molecular formula is C12H21N3O. The molecule has 2 rings (SSSR count). The monoisotopic (exact) mass is 223 g/mol. The number of rotatable bonds is 3. The second-order valence-corrected chi connectivity index (χ2v) is 4.93. The van der Waals surface area contributed by atoms with E-state index in [0.29, 0.717) is 5.92 Å². The summed E-state index contributed by atoms with van der Waals surface area (Å²) in [7, 11) is 2.18. The Morgan fingerprint density at radius 3 is 3.12 bits per heavy atom. The third kappa shape index (κ3) is 2.83. The fourth-order valence-corrected chi connectivity index (χ4v) is 2.31. The number of hydrogen-bond acceptors (Lipinski definition) is 4. The van der Waals surface area contributed by atoms with E-state index in [4.69, 9.17) is 10.2 Å². The van der Waals surface area contributed by atoms with Crippen molar-refractivity contribution in [2.45, 2.75) is 32.2 Å². The quantitative estimate of drug-likeness (QED) is 0.845. The van der Waals surface area contributed by atoms with Gasteiger partial charge in [0.1, 0.15) is 6.26 Å². The Kier molecular flexibility index (Phi) is 3.61. The first-order valence-corrected chi connectivity index (χ1v) is 6.03. The molecule has 0 spiro atoms. The van der Waals surface area contributed by atoms with Crippen molar-refractivity contribution in [1.29, 1.82) is 0 Å². The summed E-state index contributed by atoms with van der Waals surface area (Å²) >= 11 is 0. The fourth-order valence-electron chi connectivity index (χ4n) is 2.31. The molecular weight excluding hydrogens is 202 g/mol. The molecule has 1 aromatic heterocycles. The van der Waals surface area contributed by atoms with Gasteiger partial charge in [-0.3, -0.25) is 0 Å². The first-order chi connectivity index (χ1) is 7.65. The van der Waals surface area contributed by atoms with E-state index < -0.39 is 0 Å². The van der Waals surface area contributed by atoms with E-state index in [2.05, 4.69) is 16.9 Å². The maximum Gasteiger partial charge on any atom is 0.194 e. The lowest BCUT2D eigenvalue weighted by Crippen LogP contribution is -2.33. The van der Waals surface area contributed by atoms with E-state index in [-0.39, 0.29) is 6.04 Å². The summed E-state index contributed by atoms with van der Waals surface area (Å²) < 4.78 is 5.45. The molecule has 1 aliphatic heterocycles. The van der Waals surface area contributed by atoms with Crippen molar-refractivity contribution in [2.24, 2.45) is 11.7 Å². The van der Waals surface area contributed by atoms with Gasteiger partial charge in [-0.25, -0.2) is 4.98 Å². The summed E-state index contributed by atoms with van der Waals surface area (Å²) in [5.41, 5.74) is 6.61. The second kappa shape index (κ2) is 4.97. The van der Waals surface area contributed by atoms with Gasteiger partial charge in [-0.2, -0.15) is 0 Å². The minimum absolute atomic E-state index is 0.0356. The normalized spacial score (nSPS) is 24.6. The fraction of sp³-hybridized carbons (Fsp3) is 0.750. The van der Waals surface area contributed by atoms with Gasteiger partial charge in [0.05, 0.1) is 5.69 Å². The Bertz CT molecular complexity index is 335. The Hall–Kier alpha value is -0.870. The van der Waals surface area contributed by atoms with Crippen LogP contribution in [0, 0.1) is 5.92 Å². The number of piperidine rings is 1. The number of oxazole rings is 1. The lowest BCUT2D eigenvalue weighted by atomic mass is 9.95. The molecule has 0 aromatic carbocycles. The van der Waals surface area contributed by atoms with Gasteiger partial charge in [0.25, 0.3) is 0 Å². The van der Waals surface area contributed by atoms with Crippen LogP contribution < -0.4 is 5.73 Å². The SMILES string of the molecule is CC(N)c1coc(CC2CCCN(C)C2)n1. The van der Waals surface area contributed by atoms with Crippen LogP contribution in [0.5, 0.6) is 0 Å². The molecule has 4 heteroatoms. The highest BCUT2D eigenvalue weighted by Crippen LogP contribution is 2.20. The summed E-state index contributed by atoms with van der Waals surface area (Å²) in [4.78, 5) is 6.80. The Labute approximate surface area is 96.8 Å². The third-order valence-electron chi connectivity index (χ3n) is 3.22. The highest BCUT2D eigenvalue weighted by atomic mass is 16.3. The number of hydrogen-bond donors (Lipinski definition) is 1. The first kappa shape index (κ1) is 11.6. The van der Waals surface area contributed by atoms with E-state index >= 15 is 0 Å². The van der Waals surface area contributed by atoms with Gasteiger partial charge in [-0.1, -0.05) is 0 Å². The van der Waals surface area contributed by atoms with E-state index in [1.807, 2.05) is 6.92 Å². The smallest absolute Gasteiger partial charge is 0.194 e. The van der Waals surface area contributed by atoms with Crippen LogP contribution in [0.2, 0.25) is 0 Å². The van der Waals surface area contributed by atoms with Gasteiger partial charge in [-0.15, -0.1) is 0 Å². The molecule has 2 atom stereocenters. The lowest BCUT2D eigenvalue weighted by Gasteiger charge is -2.28.